The third kappa shape index (κ3) is 24.8. The first-order valence-corrected chi connectivity index (χ1v) is 5.17. The van der Waals surface area contributed by atoms with Crippen molar-refractivity contribution < 1.29 is 24.8 Å². The Hall–Kier alpha value is -0.200. The highest BCUT2D eigenvalue weighted by molar-refractivity contribution is 4.39. The predicted molar refractivity (Wildman–Crippen MR) is 57.7 cm³/mol. The molecular formula is C10H24O5. The summed E-state index contributed by atoms with van der Waals surface area (Å²) in [7, 11) is 0. The highest BCUT2D eigenvalue weighted by Gasteiger charge is 1.92. The third-order valence-corrected chi connectivity index (χ3v) is 1.16. The smallest absolute Gasteiger partial charge is 0.0701 e. The van der Waals surface area contributed by atoms with Crippen molar-refractivity contribution in [1.82, 2.24) is 0 Å². The zero-order chi connectivity index (χ0) is 11.9. The maximum atomic E-state index is 8.35. The van der Waals surface area contributed by atoms with E-state index < -0.39 is 0 Å². The molecular weight excluding hydrogens is 200 g/mol. The molecule has 0 aliphatic heterocycles. The summed E-state index contributed by atoms with van der Waals surface area (Å²) in [5.41, 5.74) is 0. The summed E-state index contributed by atoms with van der Waals surface area (Å²) in [5, 5.41) is 23.6. The second-order valence-corrected chi connectivity index (χ2v) is 3.25. The molecule has 0 atom stereocenters. The Morgan fingerprint density at radius 1 is 0.800 bits per heavy atom. The molecule has 0 radical (unpaired) electrons. The Morgan fingerprint density at radius 2 is 1.33 bits per heavy atom. The van der Waals surface area contributed by atoms with Gasteiger partial charge in [0.1, 0.15) is 0 Å². The van der Waals surface area contributed by atoms with Crippen molar-refractivity contribution in [3.63, 3.8) is 0 Å². The standard InChI is InChI=1S/C8H18O3.C2H6O2/c1-8(2)7-11-6-5-10-4-3-9;3-1-2-4/h8-9H,3-7H2,1-2H3;3-4H,1-2H2. The van der Waals surface area contributed by atoms with Crippen molar-refractivity contribution in [2.24, 2.45) is 5.92 Å². The number of rotatable bonds is 8. The number of aliphatic hydroxyl groups is 3. The van der Waals surface area contributed by atoms with Gasteiger partial charge in [-0.2, -0.15) is 0 Å². The zero-order valence-electron chi connectivity index (χ0n) is 9.69. The van der Waals surface area contributed by atoms with Crippen molar-refractivity contribution in [2.75, 3.05) is 46.2 Å². The number of hydrogen-bond donors (Lipinski definition) is 3. The quantitative estimate of drug-likeness (QED) is 0.491. The molecule has 0 saturated heterocycles. The summed E-state index contributed by atoms with van der Waals surface area (Å²) in [6.07, 6.45) is 0. The molecule has 5 nitrogen and oxygen atoms in total. The lowest BCUT2D eigenvalue weighted by molar-refractivity contribution is 0.0255. The molecule has 0 fully saturated rings. The lowest BCUT2D eigenvalue weighted by Crippen LogP contribution is -2.10. The van der Waals surface area contributed by atoms with E-state index in [1.54, 1.807) is 0 Å². The topological polar surface area (TPSA) is 79.2 Å². The van der Waals surface area contributed by atoms with E-state index in [9.17, 15) is 0 Å². The molecule has 0 bridgehead atoms. The molecule has 0 aliphatic carbocycles. The Morgan fingerprint density at radius 3 is 1.73 bits per heavy atom. The molecule has 0 rings (SSSR count). The molecule has 0 aromatic carbocycles. The second-order valence-electron chi connectivity index (χ2n) is 3.25. The van der Waals surface area contributed by atoms with E-state index in [2.05, 4.69) is 13.8 Å². The van der Waals surface area contributed by atoms with Crippen molar-refractivity contribution in [1.29, 1.82) is 0 Å². The van der Waals surface area contributed by atoms with Gasteiger partial charge in [0, 0.05) is 6.61 Å². The van der Waals surface area contributed by atoms with E-state index in [-0.39, 0.29) is 19.8 Å². The predicted octanol–water partition coefficient (Wildman–Crippen LogP) is -0.361. The van der Waals surface area contributed by atoms with Crippen LogP contribution in [-0.4, -0.2) is 61.6 Å². The van der Waals surface area contributed by atoms with Crippen LogP contribution in [0.5, 0.6) is 0 Å². The van der Waals surface area contributed by atoms with Gasteiger partial charge in [0.05, 0.1) is 39.6 Å². The zero-order valence-corrected chi connectivity index (χ0v) is 9.69. The lowest BCUT2D eigenvalue weighted by Gasteiger charge is -2.06. The molecule has 0 amide bonds. The minimum absolute atomic E-state index is 0.0875. The molecule has 3 N–H and O–H groups in total. The van der Waals surface area contributed by atoms with Gasteiger partial charge in [-0.3, -0.25) is 0 Å². The van der Waals surface area contributed by atoms with Gasteiger partial charge in [0.2, 0.25) is 0 Å². The highest BCUT2D eigenvalue weighted by atomic mass is 16.5. The molecule has 5 heteroatoms. The molecule has 15 heavy (non-hydrogen) atoms. The summed E-state index contributed by atoms with van der Waals surface area (Å²) in [6, 6.07) is 0. The molecule has 0 aromatic rings. The lowest BCUT2D eigenvalue weighted by atomic mass is 10.2. The molecule has 0 unspecified atom stereocenters. The van der Waals surface area contributed by atoms with Crippen LogP contribution in [0.2, 0.25) is 0 Å². The molecule has 0 aliphatic rings. The SMILES string of the molecule is CC(C)COCCOCCO.OCCO. The third-order valence-electron chi connectivity index (χ3n) is 1.16. The maximum Gasteiger partial charge on any atom is 0.0701 e. The normalized spacial score (nSPS) is 10.0. The fourth-order valence-electron chi connectivity index (χ4n) is 0.603. The van der Waals surface area contributed by atoms with Gasteiger partial charge in [0.15, 0.2) is 0 Å². The van der Waals surface area contributed by atoms with Crippen LogP contribution in [0.15, 0.2) is 0 Å². The molecule has 94 valence electrons. The number of hydrogen-bond acceptors (Lipinski definition) is 5. The minimum Gasteiger partial charge on any atom is -0.394 e. The number of aliphatic hydroxyl groups excluding tert-OH is 3. The van der Waals surface area contributed by atoms with Gasteiger partial charge in [-0.25, -0.2) is 0 Å². The van der Waals surface area contributed by atoms with Gasteiger partial charge < -0.3 is 24.8 Å². The van der Waals surface area contributed by atoms with Gasteiger partial charge >= 0.3 is 0 Å². The molecule has 0 heterocycles. The van der Waals surface area contributed by atoms with Crippen LogP contribution in [0.1, 0.15) is 13.8 Å². The van der Waals surface area contributed by atoms with E-state index in [4.69, 9.17) is 24.8 Å². The first-order chi connectivity index (χ1) is 7.18. The summed E-state index contributed by atoms with van der Waals surface area (Å²) >= 11 is 0. The van der Waals surface area contributed by atoms with Crippen LogP contribution in [-0.2, 0) is 9.47 Å². The summed E-state index contributed by atoms with van der Waals surface area (Å²) in [4.78, 5) is 0. The Bertz CT molecular complexity index is 95.8. The van der Waals surface area contributed by atoms with Gasteiger partial charge in [-0.15, -0.1) is 0 Å². The fourth-order valence-corrected chi connectivity index (χ4v) is 0.603. The largest absolute Gasteiger partial charge is 0.394 e. The Labute approximate surface area is 91.6 Å². The first kappa shape index (κ1) is 17.2. The monoisotopic (exact) mass is 224 g/mol. The fraction of sp³-hybridized carbons (Fsp3) is 1.00. The molecule has 0 saturated carbocycles. The van der Waals surface area contributed by atoms with Gasteiger partial charge in [-0.1, -0.05) is 13.8 Å². The van der Waals surface area contributed by atoms with Crippen LogP contribution in [0.25, 0.3) is 0 Å². The van der Waals surface area contributed by atoms with E-state index in [0.717, 1.165) is 6.61 Å². The summed E-state index contributed by atoms with van der Waals surface area (Å²) in [6.45, 7) is 6.44. The van der Waals surface area contributed by atoms with Crippen LogP contribution in [0, 0.1) is 5.92 Å². The average molecular weight is 224 g/mol. The maximum absolute atomic E-state index is 8.35. The van der Waals surface area contributed by atoms with Crippen LogP contribution in [0.4, 0.5) is 0 Å². The van der Waals surface area contributed by atoms with E-state index in [1.165, 1.54) is 0 Å². The van der Waals surface area contributed by atoms with Crippen LogP contribution in [0.3, 0.4) is 0 Å². The van der Waals surface area contributed by atoms with E-state index in [0.29, 0.717) is 25.7 Å². The first-order valence-electron chi connectivity index (χ1n) is 5.17. The van der Waals surface area contributed by atoms with Crippen molar-refractivity contribution >= 4 is 0 Å². The van der Waals surface area contributed by atoms with Crippen molar-refractivity contribution in [3.8, 4) is 0 Å². The van der Waals surface area contributed by atoms with E-state index >= 15 is 0 Å². The van der Waals surface area contributed by atoms with E-state index in [1.807, 2.05) is 0 Å². The van der Waals surface area contributed by atoms with Gasteiger partial charge in [-0.05, 0) is 5.92 Å². The Kier molecular flexibility index (Phi) is 18.6. The minimum atomic E-state index is -0.125. The van der Waals surface area contributed by atoms with Crippen molar-refractivity contribution in [2.45, 2.75) is 13.8 Å². The molecule has 0 spiro atoms. The number of ether oxygens (including phenoxy) is 2. The summed E-state index contributed by atoms with van der Waals surface area (Å²) < 4.78 is 10.2. The summed E-state index contributed by atoms with van der Waals surface area (Å²) in [5.74, 6) is 0.577. The second kappa shape index (κ2) is 16.2. The van der Waals surface area contributed by atoms with Crippen LogP contribution >= 0.6 is 0 Å². The van der Waals surface area contributed by atoms with Gasteiger partial charge in [0.25, 0.3) is 0 Å². The molecule has 0 aromatic heterocycles. The Balaban J connectivity index is 0. The van der Waals surface area contributed by atoms with Crippen LogP contribution < -0.4 is 0 Å². The average Bonchev–Trinajstić information content (AvgIpc) is 2.23. The van der Waals surface area contributed by atoms with Crippen molar-refractivity contribution in [3.05, 3.63) is 0 Å². The highest BCUT2D eigenvalue weighted by Crippen LogP contribution is 1.91.